The van der Waals surface area contributed by atoms with E-state index in [0.29, 0.717) is 24.6 Å². The zero-order chi connectivity index (χ0) is 20.7. The Morgan fingerprint density at radius 3 is 2.21 bits per heavy atom. The van der Waals surface area contributed by atoms with Gasteiger partial charge in [0.25, 0.3) is 0 Å². The smallest absolute Gasteiger partial charge is 0.243 e. The molecule has 2 atom stereocenters. The summed E-state index contributed by atoms with van der Waals surface area (Å²) in [6.07, 6.45) is 1.10. The molecule has 1 amide bonds. The first-order chi connectivity index (χ1) is 13.2. The van der Waals surface area contributed by atoms with Crippen LogP contribution in [0, 0.1) is 0 Å². The Hall–Kier alpha value is -2.54. The number of nitrogens with zero attached hydrogens (tertiary/aromatic N) is 1. The Morgan fingerprint density at radius 1 is 1.07 bits per heavy atom. The normalized spacial score (nSPS) is 13.4. The van der Waals surface area contributed by atoms with Crippen molar-refractivity contribution in [3.05, 3.63) is 60.2 Å². The van der Waals surface area contributed by atoms with Crippen molar-refractivity contribution >= 4 is 21.6 Å². The third-order valence-electron chi connectivity index (χ3n) is 4.44. The molecule has 7 heteroatoms. The molecule has 0 aromatic heterocycles. The average Bonchev–Trinajstić information content (AvgIpc) is 2.67. The van der Waals surface area contributed by atoms with E-state index in [1.165, 1.54) is 0 Å². The number of carbonyl (C=O) groups is 1. The third-order valence-corrected chi connectivity index (χ3v) is 5.68. The number of hydrogen-bond acceptors (Lipinski definition) is 4. The number of amides is 1. The zero-order valence-electron chi connectivity index (χ0n) is 16.8. The molecule has 2 aromatic carbocycles. The quantitative estimate of drug-likeness (QED) is 0.697. The number of sulfonamides is 1. The fourth-order valence-corrected chi connectivity index (χ4v) is 4.14. The van der Waals surface area contributed by atoms with E-state index in [2.05, 4.69) is 5.32 Å². The van der Waals surface area contributed by atoms with Gasteiger partial charge in [0, 0.05) is 6.54 Å². The number of ether oxygens (including phenoxy) is 1. The summed E-state index contributed by atoms with van der Waals surface area (Å²) in [6, 6.07) is 15.6. The molecule has 152 valence electrons. The second-order valence-electron chi connectivity index (χ2n) is 6.72. The highest BCUT2D eigenvalue weighted by molar-refractivity contribution is 7.92. The lowest BCUT2D eigenvalue weighted by Gasteiger charge is -2.28. The van der Waals surface area contributed by atoms with E-state index < -0.39 is 16.1 Å². The summed E-state index contributed by atoms with van der Waals surface area (Å²) in [6.45, 7) is 6.42. The van der Waals surface area contributed by atoms with E-state index in [0.717, 1.165) is 16.1 Å². The van der Waals surface area contributed by atoms with E-state index >= 15 is 0 Å². The van der Waals surface area contributed by atoms with Crippen molar-refractivity contribution in [2.45, 2.75) is 32.7 Å². The predicted molar refractivity (Wildman–Crippen MR) is 112 cm³/mol. The molecule has 0 aliphatic rings. The van der Waals surface area contributed by atoms with Crippen LogP contribution in [0.15, 0.2) is 54.6 Å². The van der Waals surface area contributed by atoms with E-state index in [9.17, 15) is 13.2 Å². The second-order valence-corrected chi connectivity index (χ2v) is 8.58. The van der Waals surface area contributed by atoms with Crippen LogP contribution >= 0.6 is 0 Å². The van der Waals surface area contributed by atoms with Crippen LogP contribution in [0.5, 0.6) is 5.75 Å². The molecule has 6 nitrogen and oxygen atoms in total. The average molecular weight is 405 g/mol. The Bertz CT molecular complexity index is 867. The van der Waals surface area contributed by atoms with Gasteiger partial charge < -0.3 is 10.1 Å². The van der Waals surface area contributed by atoms with Gasteiger partial charge in [-0.05, 0) is 49.6 Å². The van der Waals surface area contributed by atoms with Crippen molar-refractivity contribution in [2.75, 3.05) is 23.7 Å². The number of rotatable bonds is 9. The SMILES string of the molecule is CCOc1ccc(N([C@@H](C)C(=O)NC[C@@H](C)c2ccccc2)S(C)(=O)=O)cc1. The standard InChI is InChI=1S/C21H28N2O4S/c1-5-27-20-13-11-19(12-14-20)23(28(4,25)26)17(3)21(24)22-15-16(2)18-9-7-6-8-10-18/h6-14,16-17H,5,15H2,1-4H3,(H,22,24)/t16-,17+/m1/s1. The molecule has 0 heterocycles. The first kappa shape index (κ1) is 21.8. The molecule has 0 saturated heterocycles. The lowest BCUT2D eigenvalue weighted by Crippen LogP contribution is -2.48. The van der Waals surface area contributed by atoms with Gasteiger partial charge in [0.05, 0.1) is 18.6 Å². The van der Waals surface area contributed by atoms with Crippen LogP contribution in [0.1, 0.15) is 32.3 Å². The Labute approximate surface area is 167 Å². The number of hydrogen-bond donors (Lipinski definition) is 1. The van der Waals surface area contributed by atoms with Gasteiger partial charge in [-0.15, -0.1) is 0 Å². The summed E-state index contributed by atoms with van der Waals surface area (Å²) in [4.78, 5) is 12.7. The van der Waals surface area contributed by atoms with Crippen LogP contribution in [-0.2, 0) is 14.8 Å². The molecule has 0 saturated carbocycles. The molecular weight excluding hydrogens is 376 g/mol. The maximum Gasteiger partial charge on any atom is 0.243 e. The first-order valence-corrected chi connectivity index (χ1v) is 11.1. The maximum atomic E-state index is 12.7. The van der Waals surface area contributed by atoms with Gasteiger partial charge in [-0.25, -0.2) is 8.42 Å². The highest BCUT2D eigenvalue weighted by atomic mass is 32.2. The Balaban J connectivity index is 2.11. The molecule has 1 N–H and O–H groups in total. The molecule has 2 aromatic rings. The van der Waals surface area contributed by atoms with Crippen molar-refractivity contribution in [1.82, 2.24) is 5.32 Å². The molecule has 0 aliphatic heterocycles. The van der Waals surface area contributed by atoms with Crippen molar-refractivity contribution in [3.63, 3.8) is 0 Å². The van der Waals surface area contributed by atoms with Crippen molar-refractivity contribution in [1.29, 1.82) is 0 Å². The molecule has 0 fully saturated rings. The lowest BCUT2D eigenvalue weighted by atomic mass is 10.0. The molecule has 0 bridgehead atoms. The van der Waals surface area contributed by atoms with Crippen LogP contribution in [0.4, 0.5) is 5.69 Å². The van der Waals surface area contributed by atoms with Crippen molar-refractivity contribution < 1.29 is 17.9 Å². The van der Waals surface area contributed by atoms with Gasteiger partial charge in [0.15, 0.2) is 0 Å². The molecule has 0 unspecified atom stereocenters. The van der Waals surface area contributed by atoms with Crippen molar-refractivity contribution in [3.8, 4) is 5.75 Å². The summed E-state index contributed by atoms with van der Waals surface area (Å²) in [5.41, 5.74) is 1.53. The summed E-state index contributed by atoms with van der Waals surface area (Å²) < 4.78 is 31.2. The Kier molecular flexibility index (Phi) is 7.45. The zero-order valence-corrected chi connectivity index (χ0v) is 17.6. The van der Waals surface area contributed by atoms with Crippen LogP contribution in [0.3, 0.4) is 0 Å². The fraction of sp³-hybridized carbons (Fsp3) is 0.381. The molecule has 2 rings (SSSR count). The van der Waals surface area contributed by atoms with Gasteiger partial charge in [0.2, 0.25) is 15.9 Å². The van der Waals surface area contributed by atoms with Crippen LogP contribution < -0.4 is 14.4 Å². The maximum absolute atomic E-state index is 12.7. The monoisotopic (exact) mass is 404 g/mol. The molecule has 0 aliphatic carbocycles. The minimum atomic E-state index is -3.65. The Morgan fingerprint density at radius 2 is 1.68 bits per heavy atom. The van der Waals surface area contributed by atoms with Gasteiger partial charge in [-0.1, -0.05) is 37.3 Å². The van der Waals surface area contributed by atoms with E-state index in [1.807, 2.05) is 44.2 Å². The molecule has 28 heavy (non-hydrogen) atoms. The van der Waals surface area contributed by atoms with E-state index in [-0.39, 0.29) is 11.8 Å². The van der Waals surface area contributed by atoms with E-state index in [1.54, 1.807) is 31.2 Å². The second kappa shape index (κ2) is 9.59. The number of nitrogens with one attached hydrogen (secondary N) is 1. The largest absolute Gasteiger partial charge is 0.494 e. The van der Waals surface area contributed by atoms with Gasteiger partial charge >= 0.3 is 0 Å². The summed E-state index contributed by atoms with van der Waals surface area (Å²) in [5.74, 6) is 0.421. The summed E-state index contributed by atoms with van der Waals surface area (Å²) in [7, 11) is -3.65. The summed E-state index contributed by atoms with van der Waals surface area (Å²) >= 11 is 0. The molecule has 0 spiro atoms. The van der Waals surface area contributed by atoms with Gasteiger partial charge in [-0.2, -0.15) is 0 Å². The lowest BCUT2D eigenvalue weighted by molar-refractivity contribution is -0.121. The fourth-order valence-electron chi connectivity index (χ4n) is 2.97. The highest BCUT2D eigenvalue weighted by Crippen LogP contribution is 2.24. The van der Waals surface area contributed by atoms with Crippen LogP contribution in [0.2, 0.25) is 0 Å². The van der Waals surface area contributed by atoms with Gasteiger partial charge in [0.1, 0.15) is 11.8 Å². The molecular formula is C21H28N2O4S. The summed E-state index contributed by atoms with van der Waals surface area (Å²) in [5, 5.41) is 2.86. The topological polar surface area (TPSA) is 75.7 Å². The van der Waals surface area contributed by atoms with Crippen molar-refractivity contribution in [2.24, 2.45) is 0 Å². The first-order valence-electron chi connectivity index (χ1n) is 9.29. The number of anilines is 1. The van der Waals surface area contributed by atoms with Gasteiger partial charge in [-0.3, -0.25) is 9.10 Å². The highest BCUT2D eigenvalue weighted by Gasteiger charge is 2.29. The number of carbonyl (C=O) groups excluding carboxylic acids is 1. The van der Waals surface area contributed by atoms with E-state index in [4.69, 9.17) is 4.74 Å². The van der Waals surface area contributed by atoms with Crippen LogP contribution in [-0.4, -0.2) is 39.8 Å². The number of benzene rings is 2. The van der Waals surface area contributed by atoms with Crippen LogP contribution in [0.25, 0.3) is 0 Å². The third kappa shape index (κ3) is 5.73. The minimum absolute atomic E-state index is 0.120. The predicted octanol–water partition coefficient (Wildman–Crippen LogP) is 3.16. The molecule has 0 radical (unpaired) electrons. The minimum Gasteiger partial charge on any atom is -0.494 e.